The maximum absolute atomic E-state index is 14.1. The summed E-state index contributed by atoms with van der Waals surface area (Å²) in [5, 5.41) is 3.31. The molecule has 9 heteroatoms. The van der Waals surface area contributed by atoms with Gasteiger partial charge in [0.1, 0.15) is 5.82 Å². The van der Waals surface area contributed by atoms with Crippen LogP contribution in [0.2, 0.25) is 0 Å². The van der Waals surface area contributed by atoms with Gasteiger partial charge in [0, 0.05) is 60.9 Å². The van der Waals surface area contributed by atoms with E-state index in [9.17, 15) is 17.6 Å². The number of piperazine rings is 1. The van der Waals surface area contributed by atoms with Gasteiger partial charge in [-0.2, -0.15) is 0 Å². The number of fused-ring (bicyclic) bond motifs is 1. The zero-order valence-electron chi connectivity index (χ0n) is 21.3. The minimum Gasteiger partial charge on any atom is -0.380 e. The van der Waals surface area contributed by atoms with Crippen molar-refractivity contribution in [1.29, 1.82) is 0 Å². The molecule has 2 aromatic carbocycles. The highest BCUT2D eigenvalue weighted by Crippen LogP contribution is 2.35. The number of carbonyl (C=O) groups is 1. The maximum Gasteiger partial charge on any atom is 0.256 e. The van der Waals surface area contributed by atoms with Crippen LogP contribution in [-0.2, 0) is 15.6 Å². The number of anilines is 1. The van der Waals surface area contributed by atoms with Crippen LogP contribution in [0.15, 0.2) is 47.4 Å². The van der Waals surface area contributed by atoms with Gasteiger partial charge in [-0.05, 0) is 62.4 Å². The van der Waals surface area contributed by atoms with Gasteiger partial charge in [0.05, 0.1) is 16.2 Å². The van der Waals surface area contributed by atoms with Crippen molar-refractivity contribution in [1.82, 2.24) is 14.8 Å². The van der Waals surface area contributed by atoms with Crippen LogP contribution in [0.1, 0.15) is 38.4 Å². The van der Waals surface area contributed by atoms with Gasteiger partial charge in [-0.1, -0.05) is 18.2 Å². The van der Waals surface area contributed by atoms with Crippen molar-refractivity contribution in [3.63, 3.8) is 0 Å². The molecule has 2 aliphatic heterocycles. The Labute approximate surface area is 216 Å². The van der Waals surface area contributed by atoms with E-state index < -0.39 is 21.4 Å². The number of hydrogen-bond donors (Lipinski definition) is 2. The van der Waals surface area contributed by atoms with Crippen LogP contribution in [0.25, 0.3) is 11.6 Å². The van der Waals surface area contributed by atoms with E-state index in [2.05, 4.69) is 22.2 Å². The molecule has 0 spiro atoms. The van der Waals surface area contributed by atoms with Crippen molar-refractivity contribution in [3.05, 3.63) is 81.9 Å². The molecule has 1 fully saturated rings. The summed E-state index contributed by atoms with van der Waals surface area (Å²) < 4.78 is 40.3. The highest BCUT2D eigenvalue weighted by atomic mass is 32.2. The summed E-state index contributed by atoms with van der Waals surface area (Å²) in [5.74, 6) is -0.901. The van der Waals surface area contributed by atoms with E-state index in [0.29, 0.717) is 25.2 Å². The second-order valence-electron chi connectivity index (χ2n) is 9.84. The lowest BCUT2D eigenvalue weighted by Gasteiger charge is -2.32. The van der Waals surface area contributed by atoms with Crippen LogP contribution in [-0.4, -0.2) is 68.9 Å². The third kappa shape index (κ3) is 4.93. The van der Waals surface area contributed by atoms with Crippen molar-refractivity contribution < 1.29 is 17.6 Å². The minimum atomic E-state index is -3.75. The van der Waals surface area contributed by atoms with Crippen LogP contribution >= 0.6 is 0 Å². The number of hydrogen-bond acceptors (Lipinski definition) is 5. The summed E-state index contributed by atoms with van der Waals surface area (Å²) in [6.07, 6.45) is 1.98. The van der Waals surface area contributed by atoms with Crippen molar-refractivity contribution in [2.45, 2.75) is 24.5 Å². The molecule has 3 aromatic rings. The van der Waals surface area contributed by atoms with Gasteiger partial charge in [-0.15, -0.1) is 0 Å². The maximum atomic E-state index is 14.1. The van der Waals surface area contributed by atoms with Crippen molar-refractivity contribution in [2.24, 2.45) is 0 Å². The summed E-state index contributed by atoms with van der Waals surface area (Å²) in [5.41, 5.74) is 5.92. The third-order valence-corrected chi connectivity index (χ3v) is 8.93. The predicted octanol–water partition coefficient (Wildman–Crippen LogP) is 4.10. The normalized spacial score (nSPS) is 17.2. The molecule has 2 N–H and O–H groups in total. The van der Waals surface area contributed by atoms with Gasteiger partial charge in [0.25, 0.3) is 5.91 Å². The number of carbonyl (C=O) groups excluding carboxylic acids is 1. The Morgan fingerprint density at radius 3 is 2.54 bits per heavy atom. The highest BCUT2D eigenvalue weighted by molar-refractivity contribution is 7.90. The number of aryl methyl sites for hydroxylation is 1. The quantitative estimate of drug-likeness (QED) is 0.527. The first-order valence-electron chi connectivity index (χ1n) is 12.4. The molecule has 0 radical (unpaired) electrons. The number of nitrogens with one attached hydrogen (secondary N) is 2. The van der Waals surface area contributed by atoms with E-state index in [-0.39, 0.29) is 16.4 Å². The number of likely N-dealkylation sites (N-methyl/N-ethyl adjacent to an activating group) is 1. The van der Waals surface area contributed by atoms with Crippen LogP contribution < -0.4 is 5.32 Å². The summed E-state index contributed by atoms with van der Waals surface area (Å²) in [6.45, 7) is 7.51. The molecule has 1 amide bonds. The minimum absolute atomic E-state index is 0.0375. The van der Waals surface area contributed by atoms with Crippen LogP contribution in [0, 0.1) is 19.7 Å². The van der Waals surface area contributed by atoms with Gasteiger partial charge >= 0.3 is 0 Å². The van der Waals surface area contributed by atoms with Crippen molar-refractivity contribution >= 4 is 33.1 Å². The van der Waals surface area contributed by atoms with Crippen LogP contribution in [0.3, 0.4) is 0 Å². The second kappa shape index (κ2) is 9.79. The monoisotopic (exact) mass is 522 g/mol. The molecule has 37 heavy (non-hydrogen) atoms. The Balaban J connectivity index is 1.44. The van der Waals surface area contributed by atoms with E-state index in [4.69, 9.17) is 0 Å². The Morgan fingerprint density at radius 1 is 1.08 bits per heavy atom. The topological polar surface area (TPSA) is 85.5 Å². The van der Waals surface area contributed by atoms with E-state index >= 15 is 0 Å². The van der Waals surface area contributed by atoms with Gasteiger partial charge in [-0.3, -0.25) is 4.79 Å². The number of H-pyrrole nitrogens is 1. The first-order valence-corrected chi connectivity index (χ1v) is 14.0. The zero-order valence-corrected chi connectivity index (χ0v) is 22.1. The lowest BCUT2D eigenvalue weighted by Crippen LogP contribution is -2.47. The molecule has 7 nitrogen and oxygen atoms in total. The summed E-state index contributed by atoms with van der Waals surface area (Å²) in [6, 6.07) is 10.9. The SMILES string of the molecule is Cc1[nH]c(/C=C2\CNc3ccc(S(=O)(=O)Cc4ccccc4F)cc32)c(C)c1C(=O)N1CCN(C)CC1. The number of sulfone groups is 1. The first-order chi connectivity index (χ1) is 17.6. The molecule has 2 aliphatic rings. The molecule has 194 valence electrons. The molecular formula is C28H31FN4O3S. The smallest absolute Gasteiger partial charge is 0.256 e. The van der Waals surface area contributed by atoms with E-state index in [1.54, 1.807) is 24.3 Å². The molecule has 1 saturated heterocycles. The van der Waals surface area contributed by atoms with Gasteiger partial charge in [0.15, 0.2) is 9.84 Å². The Kier molecular flexibility index (Phi) is 6.68. The molecule has 0 atom stereocenters. The zero-order chi connectivity index (χ0) is 26.3. The second-order valence-corrected chi connectivity index (χ2v) is 11.8. The molecule has 5 rings (SSSR count). The van der Waals surface area contributed by atoms with E-state index in [0.717, 1.165) is 46.9 Å². The Bertz CT molecular complexity index is 1500. The third-order valence-electron chi connectivity index (χ3n) is 7.27. The van der Waals surface area contributed by atoms with Gasteiger partial charge in [0.2, 0.25) is 0 Å². The van der Waals surface area contributed by atoms with E-state index in [1.807, 2.05) is 24.8 Å². The fourth-order valence-corrected chi connectivity index (χ4v) is 6.42. The fourth-order valence-electron chi connectivity index (χ4n) is 5.04. The predicted molar refractivity (Wildman–Crippen MR) is 144 cm³/mol. The molecule has 0 aliphatic carbocycles. The average molecular weight is 523 g/mol. The summed E-state index contributed by atoms with van der Waals surface area (Å²) in [7, 11) is -1.69. The molecule has 0 saturated carbocycles. The number of amides is 1. The average Bonchev–Trinajstić information content (AvgIpc) is 3.40. The number of halogens is 1. The number of nitrogens with zero attached hydrogens (tertiary/aromatic N) is 2. The lowest BCUT2D eigenvalue weighted by atomic mass is 10.0. The largest absolute Gasteiger partial charge is 0.380 e. The standard InChI is InChI=1S/C28H31FN4O3S/c1-18-26(31-19(2)27(18)28(34)33-12-10-32(3)11-13-33)14-21-16-30-25-9-8-22(15-23(21)25)37(35,36)17-20-6-4-5-7-24(20)29/h4-9,14-15,30-31H,10-13,16-17H2,1-3H3/b21-14+. The Hall–Kier alpha value is -3.43. The first kappa shape index (κ1) is 25.2. The van der Waals surface area contributed by atoms with Gasteiger partial charge < -0.3 is 20.1 Å². The summed E-state index contributed by atoms with van der Waals surface area (Å²) in [4.78, 5) is 20.9. The van der Waals surface area contributed by atoms with Crippen molar-refractivity contribution in [2.75, 3.05) is 45.1 Å². The number of rotatable bonds is 5. The Morgan fingerprint density at radius 2 is 1.81 bits per heavy atom. The number of benzene rings is 2. The highest BCUT2D eigenvalue weighted by Gasteiger charge is 2.27. The van der Waals surface area contributed by atoms with Crippen LogP contribution in [0.5, 0.6) is 0 Å². The number of aromatic amines is 1. The van der Waals surface area contributed by atoms with Crippen LogP contribution in [0.4, 0.5) is 10.1 Å². The van der Waals surface area contributed by atoms with E-state index in [1.165, 1.54) is 18.2 Å². The molecule has 0 bridgehead atoms. The fraction of sp³-hybridized carbons (Fsp3) is 0.321. The lowest BCUT2D eigenvalue weighted by molar-refractivity contribution is 0.0663. The number of aromatic nitrogens is 1. The molecule has 0 unspecified atom stereocenters. The van der Waals surface area contributed by atoms with Gasteiger partial charge in [-0.25, -0.2) is 12.8 Å². The summed E-state index contributed by atoms with van der Waals surface area (Å²) >= 11 is 0. The molecule has 1 aromatic heterocycles. The molecular weight excluding hydrogens is 491 g/mol. The van der Waals surface area contributed by atoms with Crippen molar-refractivity contribution in [3.8, 4) is 0 Å². The molecule has 3 heterocycles.